The zero-order valence-corrected chi connectivity index (χ0v) is 10.2. The number of likely N-dealkylation sites (tertiary alicyclic amines) is 1. The fourth-order valence-corrected chi connectivity index (χ4v) is 2.08. The van der Waals surface area contributed by atoms with Gasteiger partial charge in [-0.05, 0) is 31.9 Å². The highest BCUT2D eigenvalue weighted by Crippen LogP contribution is 2.22. The summed E-state index contributed by atoms with van der Waals surface area (Å²) in [5.41, 5.74) is 4.00. The molecule has 1 fully saturated rings. The molecule has 2 heterocycles. The van der Waals surface area contributed by atoms with E-state index in [0.717, 1.165) is 43.9 Å². The van der Waals surface area contributed by atoms with Crippen molar-refractivity contribution in [1.82, 2.24) is 9.88 Å². The Kier molecular flexibility index (Phi) is 3.61. The highest BCUT2D eigenvalue weighted by atomic mass is 16.3. The minimum absolute atomic E-state index is 0.495. The number of hydrazine groups is 1. The predicted molar refractivity (Wildman–Crippen MR) is 67.2 cm³/mol. The number of rotatable bonds is 3. The Hall–Kier alpha value is -1.17. The van der Waals surface area contributed by atoms with E-state index < -0.39 is 5.60 Å². The molecule has 0 atom stereocenters. The summed E-state index contributed by atoms with van der Waals surface area (Å²) in [6, 6.07) is 3.79. The van der Waals surface area contributed by atoms with E-state index in [9.17, 15) is 5.11 Å². The average Bonchev–Trinajstić information content (AvgIpc) is 2.32. The molecule has 1 aliphatic rings. The number of nitrogens with two attached hydrogens (primary N) is 1. The van der Waals surface area contributed by atoms with Crippen LogP contribution in [0, 0.1) is 0 Å². The lowest BCUT2D eigenvalue weighted by atomic mass is 9.94. The van der Waals surface area contributed by atoms with Crippen molar-refractivity contribution in [3.8, 4) is 0 Å². The van der Waals surface area contributed by atoms with Crippen molar-refractivity contribution >= 4 is 5.69 Å². The van der Waals surface area contributed by atoms with Gasteiger partial charge >= 0.3 is 0 Å². The summed E-state index contributed by atoms with van der Waals surface area (Å²) < 4.78 is 0. The quantitative estimate of drug-likeness (QED) is 0.532. The van der Waals surface area contributed by atoms with Crippen LogP contribution in [0.2, 0.25) is 0 Å². The molecule has 5 heteroatoms. The maximum atomic E-state index is 9.87. The molecule has 94 valence electrons. The van der Waals surface area contributed by atoms with E-state index in [1.165, 1.54) is 0 Å². The van der Waals surface area contributed by atoms with Crippen molar-refractivity contribution in [1.29, 1.82) is 0 Å². The fourth-order valence-electron chi connectivity index (χ4n) is 2.08. The molecule has 0 radical (unpaired) electrons. The number of nitrogens with one attached hydrogen (secondary N) is 1. The van der Waals surface area contributed by atoms with Crippen molar-refractivity contribution in [2.24, 2.45) is 5.84 Å². The van der Waals surface area contributed by atoms with Gasteiger partial charge in [0, 0.05) is 25.8 Å². The highest BCUT2D eigenvalue weighted by Gasteiger charge is 2.27. The van der Waals surface area contributed by atoms with E-state index in [2.05, 4.69) is 15.3 Å². The first-order valence-corrected chi connectivity index (χ1v) is 5.95. The third-order valence-electron chi connectivity index (χ3n) is 3.30. The smallest absolute Gasteiger partial charge is 0.0644 e. The van der Waals surface area contributed by atoms with Gasteiger partial charge in [-0.2, -0.15) is 0 Å². The lowest BCUT2D eigenvalue weighted by Crippen LogP contribution is -2.42. The van der Waals surface area contributed by atoms with Gasteiger partial charge < -0.3 is 10.5 Å². The second-order valence-corrected chi connectivity index (χ2v) is 4.95. The van der Waals surface area contributed by atoms with Crippen LogP contribution in [0.4, 0.5) is 5.69 Å². The monoisotopic (exact) mass is 236 g/mol. The fraction of sp³-hybridized carbons (Fsp3) is 0.583. The molecule has 0 bridgehead atoms. The highest BCUT2D eigenvalue weighted by molar-refractivity contribution is 5.41. The van der Waals surface area contributed by atoms with E-state index in [1.54, 1.807) is 6.20 Å². The van der Waals surface area contributed by atoms with E-state index in [4.69, 9.17) is 5.84 Å². The predicted octanol–water partition coefficient (Wildman–Crippen LogP) is 0.714. The summed E-state index contributed by atoms with van der Waals surface area (Å²) in [6.07, 6.45) is 3.40. The third-order valence-corrected chi connectivity index (χ3v) is 3.30. The molecule has 0 saturated carbocycles. The molecule has 5 nitrogen and oxygen atoms in total. The summed E-state index contributed by atoms with van der Waals surface area (Å²) in [5, 5.41) is 9.87. The number of aliphatic hydroxyl groups is 1. The molecule has 0 unspecified atom stereocenters. The maximum absolute atomic E-state index is 9.87. The zero-order valence-electron chi connectivity index (χ0n) is 10.2. The van der Waals surface area contributed by atoms with Crippen LogP contribution in [0.15, 0.2) is 18.3 Å². The van der Waals surface area contributed by atoms with Gasteiger partial charge in [0.2, 0.25) is 0 Å². The SMILES string of the molecule is CC1(O)CCN(Cc2cc(NN)ccn2)CC1. The number of anilines is 1. The molecule has 17 heavy (non-hydrogen) atoms. The first-order valence-electron chi connectivity index (χ1n) is 5.95. The topological polar surface area (TPSA) is 74.4 Å². The summed E-state index contributed by atoms with van der Waals surface area (Å²) in [4.78, 5) is 6.62. The summed E-state index contributed by atoms with van der Waals surface area (Å²) in [5.74, 6) is 5.36. The molecule has 1 saturated heterocycles. The average molecular weight is 236 g/mol. The summed E-state index contributed by atoms with van der Waals surface area (Å²) >= 11 is 0. The van der Waals surface area contributed by atoms with E-state index in [-0.39, 0.29) is 0 Å². The van der Waals surface area contributed by atoms with E-state index in [1.807, 2.05) is 19.1 Å². The van der Waals surface area contributed by atoms with Crippen LogP contribution in [0.25, 0.3) is 0 Å². The number of piperidine rings is 1. The van der Waals surface area contributed by atoms with Crippen LogP contribution in [0.3, 0.4) is 0 Å². The van der Waals surface area contributed by atoms with Gasteiger partial charge in [0.15, 0.2) is 0 Å². The molecule has 0 aromatic carbocycles. The first kappa shape index (κ1) is 12.3. The number of hydrogen-bond donors (Lipinski definition) is 3. The van der Waals surface area contributed by atoms with Gasteiger partial charge in [-0.1, -0.05) is 0 Å². The third kappa shape index (κ3) is 3.39. The largest absolute Gasteiger partial charge is 0.390 e. The number of nitrogens with zero attached hydrogens (tertiary/aromatic N) is 2. The molecule has 1 aliphatic heterocycles. The van der Waals surface area contributed by atoms with Gasteiger partial charge in [0.25, 0.3) is 0 Å². The molecule has 2 rings (SSSR count). The second kappa shape index (κ2) is 5.00. The molecule has 0 aliphatic carbocycles. The lowest BCUT2D eigenvalue weighted by molar-refractivity contribution is -0.00757. The normalized spacial score (nSPS) is 20.2. The molecule has 4 N–H and O–H groups in total. The van der Waals surface area contributed by atoms with Gasteiger partial charge in [0.05, 0.1) is 17.0 Å². The number of nitrogen functional groups attached to an aromatic ring is 1. The Morgan fingerprint density at radius 3 is 2.88 bits per heavy atom. The minimum Gasteiger partial charge on any atom is -0.390 e. The van der Waals surface area contributed by atoms with Gasteiger partial charge in [0.1, 0.15) is 0 Å². The molecule has 0 spiro atoms. The first-order chi connectivity index (χ1) is 8.09. The van der Waals surface area contributed by atoms with Crippen LogP contribution in [0.5, 0.6) is 0 Å². The molecule has 1 aromatic heterocycles. The van der Waals surface area contributed by atoms with Gasteiger partial charge in [-0.25, -0.2) is 0 Å². The van der Waals surface area contributed by atoms with Crippen molar-refractivity contribution in [2.75, 3.05) is 18.5 Å². The summed E-state index contributed by atoms with van der Waals surface area (Å²) in [7, 11) is 0. The molecule has 1 aromatic rings. The minimum atomic E-state index is -0.495. The molecular weight excluding hydrogens is 216 g/mol. The Balaban J connectivity index is 1.93. The van der Waals surface area contributed by atoms with Crippen LogP contribution in [-0.2, 0) is 6.54 Å². The maximum Gasteiger partial charge on any atom is 0.0644 e. The van der Waals surface area contributed by atoms with Crippen LogP contribution >= 0.6 is 0 Å². The van der Waals surface area contributed by atoms with Crippen molar-refractivity contribution in [3.63, 3.8) is 0 Å². The Morgan fingerprint density at radius 1 is 1.53 bits per heavy atom. The number of pyridine rings is 1. The van der Waals surface area contributed by atoms with Crippen LogP contribution in [-0.4, -0.2) is 33.7 Å². The lowest BCUT2D eigenvalue weighted by Gasteiger charge is -2.35. The van der Waals surface area contributed by atoms with Crippen molar-refractivity contribution in [2.45, 2.75) is 31.9 Å². The second-order valence-electron chi connectivity index (χ2n) is 4.95. The summed E-state index contributed by atoms with van der Waals surface area (Å²) in [6.45, 7) is 4.54. The van der Waals surface area contributed by atoms with E-state index in [0.29, 0.717) is 0 Å². The van der Waals surface area contributed by atoms with Gasteiger partial charge in [-0.15, -0.1) is 0 Å². The molecular formula is C12H20N4O. The Morgan fingerprint density at radius 2 is 2.24 bits per heavy atom. The standard InChI is InChI=1S/C12H20N4O/c1-12(17)3-6-16(7-4-12)9-11-8-10(15-13)2-5-14-11/h2,5,8,17H,3-4,6-7,9,13H2,1H3,(H,14,15). The Bertz CT molecular complexity index is 371. The van der Waals surface area contributed by atoms with Crippen LogP contribution < -0.4 is 11.3 Å². The number of aromatic nitrogens is 1. The van der Waals surface area contributed by atoms with Crippen molar-refractivity contribution in [3.05, 3.63) is 24.0 Å². The van der Waals surface area contributed by atoms with Crippen LogP contribution in [0.1, 0.15) is 25.5 Å². The van der Waals surface area contributed by atoms with Gasteiger partial charge in [-0.3, -0.25) is 15.7 Å². The molecule has 0 amide bonds. The van der Waals surface area contributed by atoms with E-state index >= 15 is 0 Å². The zero-order chi connectivity index (χ0) is 12.3. The van der Waals surface area contributed by atoms with Crippen molar-refractivity contribution < 1.29 is 5.11 Å². The number of hydrogen-bond acceptors (Lipinski definition) is 5. The Labute approximate surface area is 102 Å².